The Kier molecular flexibility index (Phi) is 5.48. The minimum atomic E-state index is -0.295. The van der Waals surface area contributed by atoms with Crippen LogP contribution in [0.25, 0.3) is 0 Å². The van der Waals surface area contributed by atoms with Gasteiger partial charge in [0.1, 0.15) is 0 Å². The maximum atomic E-state index is 12.3. The molecule has 0 aromatic heterocycles. The van der Waals surface area contributed by atoms with E-state index in [2.05, 4.69) is 17.6 Å². The number of hydrogen-bond acceptors (Lipinski definition) is 4. The number of hydroxylamine groups is 1. The monoisotopic (exact) mass is 408 g/mol. The summed E-state index contributed by atoms with van der Waals surface area (Å²) in [7, 11) is 0. The maximum Gasteiger partial charge on any atom is 0.274 e. The molecule has 0 spiro atoms. The molecule has 0 saturated carbocycles. The van der Waals surface area contributed by atoms with Gasteiger partial charge in [-0.3, -0.25) is 9.63 Å². The van der Waals surface area contributed by atoms with Gasteiger partial charge in [0.2, 0.25) is 0 Å². The van der Waals surface area contributed by atoms with E-state index in [0.29, 0.717) is 17.2 Å². The summed E-state index contributed by atoms with van der Waals surface area (Å²) in [5, 5.41) is 0.652. The molecule has 1 aliphatic heterocycles. The molecule has 0 atom stereocenters. The zero-order valence-electron chi connectivity index (χ0n) is 15.1. The predicted molar refractivity (Wildman–Crippen MR) is 113 cm³/mol. The average Bonchev–Trinajstić information content (AvgIpc) is 2.88. The molecule has 0 radical (unpaired) electrons. The van der Waals surface area contributed by atoms with Gasteiger partial charge in [0.25, 0.3) is 5.91 Å². The number of nitrogens with one attached hydrogen (secondary N) is 1. The zero-order chi connectivity index (χ0) is 19.5. The highest BCUT2D eigenvalue weighted by Gasteiger charge is 2.20. The van der Waals surface area contributed by atoms with Crippen LogP contribution in [0.2, 0.25) is 5.02 Å². The summed E-state index contributed by atoms with van der Waals surface area (Å²) in [6, 6.07) is 21.3. The second kappa shape index (κ2) is 8.19. The van der Waals surface area contributed by atoms with E-state index in [1.165, 1.54) is 0 Å². The van der Waals surface area contributed by atoms with Gasteiger partial charge in [-0.15, -0.1) is 0 Å². The summed E-state index contributed by atoms with van der Waals surface area (Å²) >= 11 is 7.85. The fourth-order valence-corrected chi connectivity index (χ4v) is 4.13. The van der Waals surface area contributed by atoms with Crippen molar-refractivity contribution in [3.05, 3.63) is 88.4 Å². The highest BCUT2D eigenvalue weighted by molar-refractivity contribution is 7.99. The van der Waals surface area contributed by atoms with Crippen molar-refractivity contribution in [2.75, 3.05) is 6.61 Å². The minimum absolute atomic E-state index is 0.295. The van der Waals surface area contributed by atoms with E-state index in [1.807, 2.05) is 49.4 Å². The number of nitrogens with zero attached hydrogens (tertiary/aromatic N) is 1. The quantitative estimate of drug-likeness (QED) is 0.443. The van der Waals surface area contributed by atoms with Gasteiger partial charge in [-0.2, -0.15) is 0 Å². The summed E-state index contributed by atoms with van der Waals surface area (Å²) in [4.78, 5) is 24.3. The van der Waals surface area contributed by atoms with Gasteiger partial charge in [-0.1, -0.05) is 53.7 Å². The average molecular weight is 409 g/mol. The molecule has 0 aliphatic carbocycles. The highest BCUT2D eigenvalue weighted by atomic mass is 35.5. The first-order valence-electron chi connectivity index (χ1n) is 8.84. The van der Waals surface area contributed by atoms with E-state index in [1.54, 1.807) is 23.9 Å². The molecule has 1 N–H and O–H groups in total. The van der Waals surface area contributed by atoms with Crippen LogP contribution in [0.1, 0.15) is 28.4 Å². The van der Waals surface area contributed by atoms with Gasteiger partial charge in [-0.25, -0.2) is 10.5 Å². The van der Waals surface area contributed by atoms with Crippen LogP contribution < -0.4 is 5.48 Å². The Balaban J connectivity index is 1.85. The fourth-order valence-electron chi connectivity index (χ4n) is 2.94. The molecular formula is C22H17ClN2O2S. The van der Waals surface area contributed by atoms with Crippen LogP contribution >= 0.6 is 23.4 Å². The van der Waals surface area contributed by atoms with Gasteiger partial charge in [-0.05, 0) is 43.3 Å². The molecule has 0 fully saturated rings. The van der Waals surface area contributed by atoms with Crippen LogP contribution in [0.5, 0.6) is 0 Å². The normalized spacial score (nSPS) is 12.4. The first-order chi connectivity index (χ1) is 13.7. The standard InChI is InChI=1S/C22H17ClN2O2S/c1-2-27-25-22(26)15-10-11-20-18(13-15)24-21(14-6-5-7-16(23)12-14)17-8-3-4-9-19(17)28-20/h3-13H,2H2,1H3,(H,25,26). The molecule has 28 heavy (non-hydrogen) atoms. The number of hydrogen-bond donors (Lipinski definition) is 1. The largest absolute Gasteiger partial charge is 0.274 e. The SMILES string of the molecule is CCONC(=O)c1ccc2c(c1)N=C(c1cccc(Cl)c1)c1ccccc1S2. The molecule has 4 nitrogen and oxygen atoms in total. The zero-order valence-corrected chi connectivity index (χ0v) is 16.7. The molecule has 0 saturated heterocycles. The summed E-state index contributed by atoms with van der Waals surface area (Å²) in [6.07, 6.45) is 0. The van der Waals surface area contributed by atoms with E-state index in [0.717, 1.165) is 32.3 Å². The Morgan fingerprint density at radius 2 is 1.93 bits per heavy atom. The van der Waals surface area contributed by atoms with Gasteiger partial charge in [0, 0.05) is 31.5 Å². The third kappa shape index (κ3) is 3.83. The van der Waals surface area contributed by atoms with Crippen LogP contribution in [0.4, 0.5) is 5.69 Å². The molecule has 1 heterocycles. The number of amides is 1. The van der Waals surface area contributed by atoms with Gasteiger partial charge in [0.15, 0.2) is 0 Å². The Hall–Kier alpha value is -2.60. The van der Waals surface area contributed by atoms with Crippen molar-refractivity contribution in [3.8, 4) is 0 Å². The Labute approximate surface area is 172 Å². The highest BCUT2D eigenvalue weighted by Crippen LogP contribution is 2.41. The topological polar surface area (TPSA) is 50.7 Å². The van der Waals surface area contributed by atoms with Crippen LogP contribution in [0.15, 0.2) is 81.5 Å². The Morgan fingerprint density at radius 1 is 1.07 bits per heavy atom. The third-order valence-corrected chi connectivity index (χ3v) is 5.60. The van der Waals surface area contributed by atoms with E-state index in [-0.39, 0.29) is 5.91 Å². The molecular weight excluding hydrogens is 392 g/mol. The van der Waals surface area contributed by atoms with Crippen molar-refractivity contribution in [3.63, 3.8) is 0 Å². The molecule has 6 heteroatoms. The molecule has 0 bridgehead atoms. The molecule has 140 valence electrons. The second-order valence-electron chi connectivity index (χ2n) is 6.12. The Morgan fingerprint density at radius 3 is 2.75 bits per heavy atom. The van der Waals surface area contributed by atoms with Gasteiger partial charge >= 0.3 is 0 Å². The number of rotatable bonds is 4. The fraction of sp³-hybridized carbons (Fsp3) is 0.0909. The van der Waals surface area contributed by atoms with Gasteiger partial charge < -0.3 is 0 Å². The van der Waals surface area contributed by atoms with Crippen molar-refractivity contribution >= 4 is 40.7 Å². The lowest BCUT2D eigenvalue weighted by Crippen LogP contribution is -2.23. The number of carbonyl (C=O) groups is 1. The first-order valence-corrected chi connectivity index (χ1v) is 10.0. The summed E-state index contributed by atoms with van der Waals surface area (Å²) < 4.78 is 0. The number of fused-ring (bicyclic) bond motifs is 2. The first kappa shape index (κ1) is 18.7. The number of aliphatic imine (C=N–C) groups is 1. The molecule has 3 aromatic carbocycles. The lowest BCUT2D eigenvalue weighted by Gasteiger charge is -2.09. The van der Waals surface area contributed by atoms with Crippen LogP contribution in [0.3, 0.4) is 0 Å². The lowest BCUT2D eigenvalue weighted by atomic mass is 10.0. The van der Waals surface area contributed by atoms with Crippen LogP contribution in [-0.2, 0) is 4.84 Å². The summed E-state index contributed by atoms with van der Waals surface area (Å²) in [5.41, 5.74) is 6.44. The molecule has 1 amide bonds. The second-order valence-corrected chi connectivity index (χ2v) is 7.64. The van der Waals surface area contributed by atoms with Gasteiger partial charge in [0.05, 0.1) is 18.0 Å². The third-order valence-electron chi connectivity index (χ3n) is 4.22. The molecule has 4 rings (SSSR count). The van der Waals surface area contributed by atoms with Crippen molar-refractivity contribution in [1.82, 2.24) is 5.48 Å². The van der Waals surface area contributed by atoms with Crippen LogP contribution in [-0.4, -0.2) is 18.2 Å². The van der Waals surface area contributed by atoms with E-state index >= 15 is 0 Å². The number of carbonyl (C=O) groups excluding carboxylic acids is 1. The predicted octanol–water partition coefficient (Wildman–Crippen LogP) is 5.66. The Bertz CT molecular complexity index is 1080. The summed E-state index contributed by atoms with van der Waals surface area (Å²) in [6.45, 7) is 2.21. The van der Waals surface area contributed by atoms with Crippen molar-refractivity contribution in [2.45, 2.75) is 16.7 Å². The molecule has 0 unspecified atom stereocenters. The summed E-state index contributed by atoms with van der Waals surface area (Å²) in [5.74, 6) is -0.295. The van der Waals surface area contributed by atoms with Crippen LogP contribution in [0, 0.1) is 0 Å². The smallest absolute Gasteiger partial charge is 0.274 e. The lowest BCUT2D eigenvalue weighted by molar-refractivity contribution is 0.0364. The van der Waals surface area contributed by atoms with Crippen molar-refractivity contribution in [2.24, 2.45) is 4.99 Å². The number of halogens is 1. The van der Waals surface area contributed by atoms with E-state index < -0.39 is 0 Å². The number of benzene rings is 3. The van der Waals surface area contributed by atoms with Crippen molar-refractivity contribution in [1.29, 1.82) is 0 Å². The van der Waals surface area contributed by atoms with Crippen molar-refractivity contribution < 1.29 is 9.63 Å². The maximum absolute atomic E-state index is 12.3. The molecule has 3 aromatic rings. The van der Waals surface area contributed by atoms with E-state index in [9.17, 15) is 4.79 Å². The van der Waals surface area contributed by atoms with E-state index in [4.69, 9.17) is 21.4 Å². The minimum Gasteiger partial charge on any atom is -0.274 e. The molecule has 1 aliphatic rings.